The van der Waals surface area contributed by atoms with Crippen LogP contribution in [0.15, 0.2) is 0 Å². The first-order chi connectivity index (χ1) is 42.6. The Morgan fingerprint density at radius 1 is 0.551 bits per heavy atom. The fourth-order valence-electron chi connectivity index (χ4n) is 9.18. The molecule has 6 N–H and O–H groups in total. The molecule has 4 amide bonds. The molecule has 6 fully saturated rings. The second-order valence-corrected chi connectivity index (χ2v) is 27.7. The number of esters is 2. The van der Waals surface area contributed by atoms with E-state index in [4.69, 9.17) is 43.4 Å². The number of ether oxygens (including phenoxy) is 7. The van der Waals surface area contributed by atoms with E-state index in [0.29, 0.717) is 58.0 Å². The Balaban J connectivity index is -0.000000140. The number of hydrogen-bond donors (Lipinski definition) is 5. The van der Waals surface area contributed by atoms with E-state index in [-0.39, 0.29) is 223 Å². The summed E-state index contributed by atoms with van der Waals surface area (Å²) < 4.78 is 36.0. The van der Waals surface area contributed by atoms with Gasteiger partial charge in [0.1, 0.15) is 45.3 Å². The molecule has 26 nitrogen and oxygen atoms in total. The van der Waals surface area contributed by atoms with Gasteiger partial charge in [-0.3, -0.25) is 24.0 Å². The van der Waals surface area contributed by atoms with Crippen LogP contribution < -0.4 is 86.3 Å². The average molecular weight is 1440 g/mol. The molecule has 29 heteroatoms. The Kier molecular flexibility index (Phi) is 65.7. The molecule has 0 aromatic rings. The van der Waals surface area contributed by atoms with Gasteiger partial charge in [-0.05, 0) is 193 Å². The molecule has 6 heterocycles. The van der Waals surface area contributed by atoms with Gasteiger partial charge in [0.15, 0.2) is 5.78 Å². The Hall–Kier alpha value is -2.55. The monoisotopic (exact) mass is 1440 g/mol. The van der Waals surface area contributed by atoms with Crippen molar-refractivity contribution in [3.8, 4) is 0 Å². The van der Waals surface area contributed by atoms with E-state index in [9.17, 15) is 53.4 Å². The van der Waals surface area contributed by atoms with Crippen LogP contribution in [-0.4, -0.2) is 248 Å². The van der Waals surface area contributed by atoms with Gasteiger partial charge in [-0.15, -0.1) is 0 Å². The molecule has 3 radical (unpaired) electrons. The van der Waals surface area contributed by atoms with Crippen LogP contribution in [0.25, 0.3) is 0 Å². The minimum absolute atomic E-state index is 0. The number of carbonyl (C=O) groups excluding carboxylic acids is 9. The first kappa shape index (κ1) is 111. The first-order valence-electron chi connectivity index (χ1n) is 33.2. The molecule has 567 valence electrons. The molecular formula is C69H135BKN5NaO21. The normalized spacial score (nSPS) is 22.3. The van der Waals surface area contributed by atoms with Crippen molar-refractivity contribution in [2.45, 2.75) is 258 Å². The van der Waals surface area contributed by atoms with Crippen molar-refractivity contribution in [3.05, 3.63) is 0 Å². The van der Waals surface area contributed by atoms with Crippen molar-refractivity contribution in [2.24, 2.45) is 29.1 Å². The van der Waals surface area contributed by atoms with Gasteiger partial charge in [-0.2, -0.15) is 0 Å². The SMILES string of the molecule is C.C.C1CCOC1.CC1CCN(C(=O)OC(C)(C)C)CCC1=O.CC1CCN(C(=O)OC(C)(C)C)CCC1O.CC1CCNCCC1O.CCO.CCOC(=O)C1(C)CCN(C(=O)OC(C)(C)C)CCC1=O.CCOC(=O)C1CCN(C(=O)OC(C)(C)C)CCC1=O.CO.[B].[H-].[K+].[Na+].[OH-]. The molecule has 6 aliphatic heterocycles. The van der Waals surface area contributed by atoms with Crippen LogP contribution in [0.4, 0.5) is 19.2 Å². The van der Waals surface area contributed by atoms with Gasteiger partial charge in [-0.25, -0.2) is 19.2 Å². The topological polar surface area (TPSA) is 354 Å². The Labute approximate surface area is 658 Å². The molecule has 0 spiro atoms. The van der Waals surface area contributed by atoms with E-state index < -0.39 is 57.9 Å². The molecule has 0 aliphatic carbocycles. The zero-order valence-corrected chi connectivity index (χ0v) is 68.3. The Morgan fingerprint density at radius 2 is 0.898 bits per heavy atom. The van der Waals surface area contributed by atoms with Crippen molar-refractivity contribution in [3.63, 3.8) is 0 Å². The minimum Gasteiger partial charge on any atom is -1.00 e. The summed E-state index contributed by atoms with van der Waals surface area (Å²) in [4.78, 5) is 113. The van der Waals surface area contributed by atoms with E-state index in [0.717, 1.165) is 59.1 Å². The van der Waals surface area contributed by atoms with Crippen LogP contribution in [-0.2, 0) is 57.1 Å². The summed E-state index contributed by atoms with van der Waals surface area (Å²) in [6, 6.07) is 0. The minimum atomic E-state index is -1.17. The standard InChI is InChI=1S/C15H25NO5.C14H23NO5.C12H23NO3.C12H21NO3.C7H15NO.C4H8O.C2H6O.CH4O.2CH4.B.K.Na.H2O.H/c1-6-20-12(18)15(5)8-10-16(9-7-11(15)17)13(19)21-14(2,3)4;1-5-19-12(17)10-6-8-15(9-7-11(10)16)13(18)20-14(2,3)4;2*1-9-5-7-13(8-6-10(9)14)11(15)16-12(2,3)4;1-6-2-4-8-5-3-7(6)9;1-2-4-5-3-1;1-2-3;1-2;;;;;;;/h6-10H2,1-5H3;10H,5-9H2,1-4H3;9-10,14H,5-8H2,1-4H3;9H,5-8H2,1-4H3;6-9H,2-5H2,1H3;1-4H2;3H,2H2,1H3;2H,1H3;2*1H4;;;;1H2;/q;;;;;;;;;;;2*+1;;-1/p-1. The molecule has 0 aromatic heterocycles. The van der Waals surface area contributed by atoms with Gasteiger partial charge in [-0.1, -0.05) is 35.6 Å². The second kappa shape index (κ2) is 57.8. The summed E-state index contributed by atoms with van der Waals surface area (Å²) >= 11 is 0. The molecule has 0 bridgehead atoms. The number of ketones is 3. The van der Waals surface area contributed by atoms with E-state index in [1.165, 1.54) is 22.6 Å². The van der Waals surface area contributed by atoms with Gasteiger partial charge in [0.05, 0.1) is 25.4 Å². The summed E-state index contributed by atoms with van der Waals surface area (Å²) in [5.74, 6) is -1.08. The molecule has 7 atom stereocenters. The number of carbonyl (C=O) groups is 9. The van der Waals surface area contributed by atoms with Crippen molar-refractivity contribution in [1.29, 1.82) is 0 Å². The van der Waals surface area contributed by atoms with Gasteiger partial charge in [0.25, 0.3) is 0 Å². The van der Waals surface area contributed by atoms with Gasteiger partial charge in [0, 0.05) is 113 Å². The van der Waals surface area contributed by atoms with E-state index in [1.807, 2.05) is 55.4 Å². The van der Waals surface area contributed by atoms with E-state index >= 15 is 0 Å². The summed E-state index contributed by atoms with van der Waals surface area (Å²) in [6.45, 7) is 42.9. The number of aliphatic hydroxyl groups excluding tert-OH is 4. The molecule has 0 aromatic carbocycles. The largest absolute Gasteiger partial charge is 1.00 e. The molecule has 7 unspecified atom stereocenters. The van der Waals surface area contributed by atoms with E-state index in [2.05, 4.69) is 12.2 Å². The number of hydrogen-bond acceptors (Lipinski definition) is 22. The molecule has 6 rings (SSSR count). The van der Waals surface area contributed by atoms with Crippen LogP contribution in [0.5, 0.6) is 0 Å². The molecule has 0 saturated carbocycles. The van der Waals surface area contributed by atoms with Crippen molar-refractivity contribution in [1.82, 2.24) is 24.9 Å². The van der Waals surface area contributed by atoms with Gasteiger partial charge >= 0.3 is 117 Å². The zero-order chi connectivity index (χ0) is 71.2. The summed E-state index contributed by atoms with van der Waals surface area (Å²) in [5, 5.41) is 36.8. The molecule has 6 aliphatic rings. The summed E-state index contributed by atoms with van der Waals surface area (Å²) in [5.41, 5.74) is -3.26. The molecular weight excluding hydrogens is 1310 g/mol. The summed E-state index contributed by atoms with van der Waals surface area (Å²) in [6.07, 6.45) is 6.22. The third-order valence-electron chi connectivity index (χ3n) is 14.8. The fourth-order valence-corrected chi connectivity index (χ4v) is 9.18. The van der Waals surface area contributed by atoms with Gasteiger partial charge < -0.3 is 85.4 Å². The van der Waals surface area contributed by atoms with E-state index in [1.54, 1.807) is 79.0 Å². The maximum Gasteiger partial charge on any atom is 1.00 e. The number of aliphatic hydroxyl groups is 4. The smallest absolute Gasteiger partial charge is 1.00 e. The maximum absolute atomic E-state index is 12.2. The number of Topliss-reactive ketones (excluding diaryl/α,β-unsaturated/α-hetero) is 3. The van der Waals surface area contributed by atoms with Crippen LogP contribution in [0.1, 0.15) is 225 Å². The molecule has 6 saturated heterocycles. The number of rotatable bonds is 4. The quantitative estimate of drug-likeness (QED) is 0.116. The molecule has 98 heavy (non-hydrogen) atoms. The number of nitrogens with one attached hydrogen (secondary N) is 1. The summed E-state index contributed by atoms with van der Waals surface area (Å²) in [7, 11) is 1.00. The number of amides is 4. The fraction of sp³-hybridized carbons (Fsp3) is 0.870. The first-order valence-corrected chi connectivity index (χ1v) is 33.2. The third kappa shape index (κ3) is 50.8. The predicted octanol–water partition coefficient (Wildman–Crippen LogP) is 3.76. The third-order valence-corrected chi connectivity index (χ3v) is 14.8. The van der Waals surface area contributed by atoms with Crippen LogP contribution in [0.3, 0.4) is 0 Å². The predicted molar refractivity (Wildman–Crippen MR) is 373 cm³/mol. The van der Waals surface area contributed by atoms with Crippen LogP contribution in [0, 0.1) is 29.1 Å². The van der Waals surface area contributed by atoms with Crippen LogP contribution in [0.2, 0.25) is 0 Å². The number of nitrogens with zero attached hydrogens (tertiary/aromatic N) is 4. The average Bonchev–Trinajstić information content (AvgIpc) is 1.76. The maximum atomic E-state index is 12.2. The number of likely N-dealkylation sites (tertiary alicyclic amines) is 4. The van der Waals surface area contributed by atoms with Crippen LogP contribution >= 0.6 is 0 Å². The second-order valence-electron chi connectivity index (χ2n) is 27.7. The Bertz CT molecular complexity index is 2170. The Morgan fingerprint density at radius 3 is 1.31 bits per heavy atom. The van der Waals surface area contributed by atoms with Gasteiger partial charge in [0.2, 0.25) is 0 Å². The van der Waals surface area contributed by atoms with Crippen molar-refractivity contribution in [2.75, 3.05) is 106 Å². The van der Waals surface area contributed by atoms with Crippen molar-refractivity contribution >= 4 is 62.1 Å². The van der Waals surface area contributed by atoms with Crippen molar-refractivity contribution < 1.29 is 185 Å². The zero-order valence-electron chi connectivity index (χ0n) is 64.2.